The van der Waals surface area contributed by atoms with Crippen LogP contribution in [0.5, 0.6) is 0 Å². The molecule has 1 fully saturated rings. The predicted molar refractivity (Wildman–Crippen MR) is 111 cm³/mol. The van der Waals surface area contributed by atoms with E-state index in [-0.39, 0.29) is 5.04 Å². The molecule has 0 aliphatic carbocycles. The summed E-state index contributed by atoms with van der Waals surface area (Å²) in [5.41, 5.74) is 1.02. The molecule has 1 aliphatic rings. The average Bonchev–Trinajstić information content (AvgIpc) is 2.64. The third-order valence-electron chi connectivity index (χ3n) is 5.85. The number of aliphatic hydroxyl groups is 1. The summed E-state index contributed by atoms with van der Waals surface area (Å²) in [6.07, 6.45) is -3.08. The maximum absolute atomic E-state index is 10.6. The fraction of sp³-hybridized carbons (Fsp3) is 0.714. The van der Waals surface area contributed by atoms with E-state index in [0.717, 1.165) is 5.56 Å². The van der Waals surface area contributed by atoms with Crippen LogP contribution in [0, 0.1) is 0 Å². The Morgan fingerprint density at radius 2 is 1.61 bits per heavy atom. The summed E-state index contributed by atoms with van der Waals surface area (Å²) in [4.78, 5) is 0. The van der Waals surface area contributed by atoms with E-state index in [2.05, 4.69) is 33.9 Å². The summed E-state index contributed by atoms with van der Waals surface area (Å²) < 4.78 is 29.4. The van der Waals surface area contributed by atoms with Crippen LogP contribution in [0.15, 0.2) is 30.3 Å². The van der Waals surface area contributed by atoms with E-state index in [1.807, 2.05) is 30.3 Å². The number of benzene rings is 1. The smallest absolute Gasteiger partial charge is 0.192 e. The molecule has 1 N–H and O–H groups in total. The van der Waals surface area contributed by atoms with E-state index < -0.39 is 39.0 Å². The summed E-state index contributed by atoms with van der Waals surface area (Å²) >= 11 is 0. The molecule has 0 aromatic heterocycles. The third kappa shape index (κ3) is 5.63. The maximum Gasteiger partial charge on any atom is 0.192 e. The average molecular weight is 413 g/mol. The van der Waals surface area contributed by atoms with E-state index >= 15 is 0 Å². The van der Waals surface area contributed by atoms with Crippen LogP contribution in [-0.2, 0) is 30.0 Å². The van der Waals surface area contributed by atoms with Crippen molar-refractivity contribution in [1.82, 2.24) is 0 Å². The van der Waals surface area contributed by atoms with Crippen LogP contribution < -0.4 is 0 Å². The van der Waals surface area contributed by atoms with Gasteiger partial charge in [-0.25, -0.2) is 0 Å². The number of ether oxygens (including phenoxy) is 4. The molecule has 5 atom stereocenters. The van der Waals surface area contributed by atoms with E-state index in [1.54, 1.807) is 14.2 Å². The third-order valence-corrected chi connectivity index (χ3v) is 10.4. The highest BCUT2D eigenvalue weighted by Gasteiger charge is 2.48. The van der Waals surface area contributed by atoms with Crippen molar-refractivity contribution in [2.75, 3.05) is 20.8 Å². The summed E-state index contributed by atoms with van der Waals surface area (Å²) in [5, 5.41) is 10.7. The number of aliphatic hydroxyl groups excluding tert-OH is 1. The van der Waals surface area contributed by atoms with Gasteiger partial charge in [-0.05, 0) is 23.7 Å². The first-order chi connectivity index (χ1) is 13.1. The van der Waals surface area contributed by atoms with Crippen LogP contribution in [0.4, 0.5) is 0 Å². The zero-order chi connectivity index (χ0) is 20.9. The van der Waals surface area contributed by atoms with Gasteiger partial charge in [0, 0.05) is 14.2 Å². The molecule has 1 aromatic rings. The highest BCUT2D eigenvalue weighted by Crippen LogP contribution is 2.37. The van der Waals surface area contributed by atoms with Gasteiger partial charge in [0.05, 0.1) is 13.2 Å². The highest BCUT2D eigenvalue weighted by molar-refractivity contribution is 6.74. The largest absolute Gasteiger partial charge is 0.414 e. The van der Waals surface area contributed by atoms with Gasteiger partial charge in [-0.2, -0.15) is 0 Å². The van der Waals surface area contributed by atoms with E-state index in [0.29, 0.717) is 13.2 Å². The Labute approximate surface area is 170 Å². The maximum atomic E-state index is 10.6. The molecule has 28 heavy (non-hydrogen) atoms. The zero-order valence-corrected chi connectivity index (χ0v) is 19.2. The first-order valence-electron chi connectivity index (χ1n) is 9.79. The van der Waals surface area contributed by atoms with Crippen molar-refractivity contribution in [1.29, 1.82) is 0 Å². The lowest BCUT2D eigenvalue weighted by Gasteiger charge is -2.45. The van der Waals surface area contributed by atoms with Gasteiger partial charge in [0.2, 0.25) is 0 Å². The quantitative estimate of drug-likeness (QED) is 0.661. The molecule has 0 saturated carbocycles. The molecular weight excluding hydrogens is 376 g/mol. The lowest BCUT2D eigenvalue weighted by Crippen LogP contribution is -2.61. The Morgan fingerprint density at radius 3 is 2.14 bits per heavy atom. The monoisotopic (exact) mass is 412 g/mol. The van der Waals surface area contributed by atoms with Gasteiger partial charge in [-0.15, -0.1) is 0 Å². The summed E-state index contributed by atoms with van der Waals surface area (Å²) in [5.74, 6) is 0. The van der Waals surface area contributed by atoms with Crippen LogP contribution >= 0.6 is 0 Å². The first-order valence-corrected chi connectivity index (χ1v) is 12.7. The van der Waals surface area contributed by atoms with Crippen LogP contribution in [0.25, 0.3) is 0 Å². The molecule has 0 bridgehead atoms. The fourth-order valence-electron chi connectivity index (χ4n) is 3.03. The Morgan fingerprint density at radius 1 is 1.00 bits per heavy atom. The topological polar surface area (TPSA) is 66.4 Å². The van der Waals surface area contributed by atoms with Crippen LogP contribution in [0.3, 0.4) is 0 Å². The molecule has 0 amide bonds. The number of methoxy groups -OCH3 is 2. The second kappa shape index (κ2) is 9.80. The molecule has 0 unspecified atom stereocenters. The first kappa shape index (κ1) is 23.5. The van der Waals surface area contributed by atoms with Gasteiger partial charge in [0.1, 0.15) is 24.4 Å². The normalized spacial score (nSPS) is 29.1. The predicted octanol–water partition coefficient (Wildman–Crippen LogP) is 3.34. The summed E-state index contributed by atoms with van der Waals surface area (Å²) in [6.45, 7) is 11.6. The van der Waals surface area contributed by atoms with Gasteiger partial charge in [0.15, 0.2) is 14.6 Å². The van der Waals surface area contributed by atoms with Gasteiger partial charge < -0.3 is 28.5 Å². The molecule has 2 rings (SSSR count). The SMILES string of the molecule is CO[C@@H]1[C@@H](OCc2ccccc2)[C@@H](O)O[C@H](CO[Si](C)(C)C(C)(C)C)[C@H]1OC. The van der Waals surface area contributed by atoms with Gasteiger partial charge in [0.25, 0.3) is 0 Å². The fourth-order valence-corrected chi connectivity index (χ4v) is 4.05. The summed E-state index contributed by atoms with van der Waals surface area (Å²) in [7, 11) is 1.26. The lowest BCUT2D eigenvalue weighted by atomic mass is 9.98. The second-order valence-electron chi connectivity index (χ2n) is 8.80. The van der Waals surface area contributed by atoms with Gasteiger partial charge >= 0.3 is 0 Å². The Balaban J connectivity index is 2.06. The Hall–Kier alpha value is -0.803. The molecule has 0 spiro atoms. The van der Waals surface area contributed by atoms with Crippen molar-refractivity contribution in [3.05, 3.63) is 35.9 Å². The molecule has 0 radical (unpaired) electrons. The van der Waals surface area contributed by atoms with Crippen molar-refractivity contribution in [2.24, 2.45) is 0 Å². The van der Waals surface area contributed by atoms with Crippen molar-refractivity contribution in [2.45, 2.75) is 76.2 Å². The van der Waals surface area contributed by atoms with E-state index in [9.17, 15) is 5.11 Å². The molecule has 1 aliphatic heterocycles. The molecule has 7 heteroatoms. The molecular formula is C21H36O6Si. The van der Waals surface area contributed by atoms with Crippen molar-refractivity contribution in [3.8, 4) is 0 Å². The van der Waals surface area contributed by atoms with Crippen molar-refractivity contribution in [3.63, 3.8) is 0 Å². The molecule has 1 heterocycles. The van der Waals surface area contributed by atoms with Crippen molar-refractivity contribution >= 4 is 8.32 Å². The zero-order valence-electron chi connectivity index (χ0n) is 18.2. The van der Waals surface area contributed by atoms with Gasteiger partial charge in [-0.1, -0.05) is 51.1 Å². The lowest BCUT2D eigenvalue weighted by molar-refractivity contribution is -0.305. The highest BCUT2D eigenvalue weighted by atomic mass is 28.4. The Kier molecular flexibility index (Phi) is 8.22. The Bertz CT molecular complexity index is 588. The van der Waals surface area contributed by atoms with Crippen molar-refractivity contribution < 1.29 is 28.5 Å². The molecule has 1 saturated heterocycles. The van der Waals surface area contributed by atoms with Crippen LogP contribution in [-0.4, -0.2) is 65.0 Å². The van der Waals surface area contributed by atoms with Crippen LogP contribution in [0.2, 0.25) is 18.1 Å². The molecule has 6 nitrogen and oxygen atoms in total. The minimum absolute atomic E-state index is 0.0881. The van der Waals surface area contributed by atoms with Crippen LogP contribution in [0.1, 0.15) is 26.3 Å². The van der Waals surface area contributed by atoms with E-state index in [4.69, 9.17) is 23.4 Å². The minimum atomic E-state index is -1.95. The molecule has 1 aromatic carbocycles. The number of hydrogen-bond acceptors (Lipinski definition) is 6. The van der Waals surface area contributed by atoms with E-state index in [1.165, 1.54) is 0 Å². The number of rotatable bonds is 8. The number of hydrogen-bond donors (Lipinski definition) is 1. The van der Waals surface area contributed by atoms with Gasteiger partial charge in [-0.3, -0.25) is 0 Å². The standard InChI is InChI=1S/C21H36O6Si/c1-21(2,3)28(6,7)26-14-16-17(23-4)18(24-5)19(20(22)27-16)25-13-15-11-9-8-10-12-15/h8-12,16-20,22H,13-14H2,1-7H3/t16-,17-,18+,19-,20+/m1/s1. The second-order valence-corrected chi connectivity index (χ2v) is 13.6. The minimum Gasteiger partial charge on any atom is -0.414 e. The molecule has 160 valence electrons. The summed E-state index contributed by atoms with van der Waals surface area (Å²) in [6, 6.07) is 9.80.